The highest BCUT2D eigenvalue weighted by Crippen LogP contribution is 2.40. The van der Waals surface area contributed by atoms with Crippen LogP contribution in [0.2, 0.25) is 0 Å². The number of esters is 3. The molecule has 0 bridgehead atoms. The highest BCUT2D eigenvalue weighted by atomic mass is 16.8. The summed E-state index contributed by atoms with van der Waals surface area (Å²) in [5.74, 6) is -1.67. The minimum Gasteiger partial charge on any atom is -0.459 e. The standard InChI is InChI=1S/C39H44O11/c1-2-3-4-5-6-16-23-43-38-34(50-37(42)28-21-14-9-15-22-28)32(49-36(41)27-19-12-8-13-20-27)30(46-38)25-45-39-33-31(48-33)29(47-39)24-44-35(40)26-17-10-7-11-18-26/h7-15,17-22,29-34,38-39H,2-6,16,23-25H2,1H3/t29-,30-,31-,32-,33-,34+,38+,39+/m1/s1. The highest BCUT2D eigenvalue weighted by Gasteiger charge is 2.60. The fourth-order valence-corrected chi connectivity index (χ4v) is 6.10. The van der Waals surface area contributed by atoms with Crippen molar-refractivity contribution >= 4 is 17.9 Å². The van der Waals surface area contributed by atoms with E-state index in [-0.39, 0.29) is 25.4 Å². The topological polar surface area (TPSA) is 128 Å². The molecule has 3 saturated heterocycles. The fraction of sp³-hybridized carbons (Fsp3) is 0.462. The molecule has 0 unspecified atom stereocenters. The van der Waals surface area contributed by atoms with E-state index in [0.29, 0.717) is 23.3 Å². The van der Waals surface area contributed by atoms with Crippen LogP contribution in [-0.4, -0.2) is 86.9 Å². The molecule has 3 fully saturated rings. The van der Waals surface area contributed by atoms with Crippen molar-refractivity contribution in [3.8, 4) is 0 Å². The Morgan fingerprint density at radius 3 is 1.70 bits per heavy atom. The monoisotopic (exact) mass is 688 g/mol. The Kier molecular flexibility index (Phi) is 12.6. The van der Waals surface area contributed by atoms with Crippen molar-refractivity contribution in [2.24, 2.45) is 0 Å². The van der Waals surface area contributed by atoms with E-state index in [2.05, 4.69) is 6.92 Å². The smallest absolute Gasteiger partial charge is 0.338 e. The molecule has 50 heavy (non-hydrogen) atoms. The minimum atomic E-state index is -1.08. The van der Waals surface area contributed by atoms with Crippen LogP contribution in [0.5, 0.6) is 0 Å². The first kappa shape index (κ1) is 35.7. The van der Waals surface area contributed by atoms with E-state index >= 15 is 0 Å². The molecule has 3 aliphatic heterocycles. The summed E-state index contributed by atoms with van der Waals surface area (Å²) in [4.78, 5) is 39.1. The molecule has 3 heterocycles. The number of epoxide rings is 1. The summed E-state index contributed by atoms with van der Waals surface area (Å²) in [5.41, 5.74) is 1.11. The Bertz CT molecular complexity index is 1520. The Balaban J connectivity index is 1.12. The second-order valence-electron chi connectivity index (χ2n) is 12.6. The van der Waals surface area contributed by atoms with Gasteiger partial charge in [-0.2, -0.15) is 0 Å². The van der Waals surface area contributed by atoms with Crippen molar-refractivity contribution in [1.82, 2.24) is 0 Å². The molecule has 8 atom stereocenters. The van der Waals surface area contributed by atoms with E-state index in [4.69, 9.17) is 37.9 Å². The molecule has 3 aromatic rings. The van der Waals surface area contributed by atoms with Crippen LogP contribution in [-0.2, 0) is 37.9 Å². The number of carbonyl (C=O) groups is 3. The maximum atomic E-state index is 13.3. The van der Waals surface area contributed by atoms with E-state index < -0.39 is 54.9 Å². The lowest BCUT2D eigenvalue weighted by Gasteiger charge is -2.25. The third-order valence-electron chi connectivity index (χ3n) is 8.87. The molecule has 0 aromatic heterocycles. The fourth-order valence-electron chi connectivity index (χ4n) is 6.10. The average molecular weight is 689 g/mol. The highest BCUT2D eigenvalue weighted by molar-refractivity contribution is 5.90. The van der Waals surface area contributed by atoms with Gasteiger partial charge in [-0.3, -0.25) is 0 Å². The lowest BCUT2D eigenvalue weighted by Crippen LogP contribution is -2.43. The van der Waals surface area contributed by atoms with Gasteiger partial charge in [-0.1, -0.05) is 93.6 Å². The lowest BCUT2D eigenvalue weighted by atomic mass is 10.1. The number of rotatable bonds is 18. The zero-order chi connectivity index (χ0) is 34.7. The largest absolute Gasteiger partial charge is 0.459 e. The van der Waals surface area contributed by atoms with Gasteiger partial charge < -0.3 is 37.9 Å². The molecular formula is C39H44O11. The van der Waals surface area contributed by atoms with Gasteiger partial charge in [0.1, 0.15) is 31.0 Å². The third-order valence-corrected chi connectivity index (χ3v) is 8.87. The van der Waals surface area contributed by atoms with Gasteiger partial charge in [0.05, 0.1) is 23.3 Å². The van der Waals surface area contributed by atoms with E-state index in [1.54, 1.807) is 84.9 Å². The van der Waals surface area contributed by atoms with Crippen LogP contribution in [0, 0.1) is 0 Å². The van der Waals surface area contributed by atoms with Gasteiger partial charge in [0.25, 0.3) is 0 Å². The number of unbranched alkanes of at least 4 members (excludes halogenated alkanes) is 5. The van der Waals surface area contributed by atoms with E-state index in [1.165, 1.54) is 6.42 Å². The normalized spacial score (nSPS) is 26.6. The first-order valence-corrected chi connectivity index (χ1v) is 17.5. The summed E-state index contributed by atoms with van der Waals surface area (Å²) in [6, 6.07) is 25.8. The van der Waals surface area contributed by atoms with Gasteiger partial charge in [-0.15, -0.1) is 0 Å². The van der Waals surface area contributed by atoms with E-state index in [1.807, 2.05) is 6.07 Å². The second kappa shape index (κ2) is 17.7. The predicted molar refractivity (Wildman–Crippen MR) is 179 cm³/mol. The third kappa shape index (κ3) is 9.35. The first-order valence-electron chi connectivity index (χ1n) is 17.5. The van der Waals surface area contributed by atoms with Crippen molar-refractivity contribution in [2.75, 3.05) is 19.8 Å². The van der Waals surface area contributed by atoms with Crippen LogP contribution in [0.15, 0.2) is 91.0 Å². The molecule has 3 aromatic carbocycles. The van der Waals surface area contributed by atoms with Gasteiger partial charge in [-0.25, -0.2) is 14.4 Å². The number of ether oxygens (including phenoxy) is 8. The number of hydrogen-bond acceptors (Lipinski definition) is 11. The summed E-state index contributed by atoms with van der Waals surface area (Å²) >= 11 is 0. The summed E-state index contributed by atoms with van der Waals surface area (Å²) < 4.78 is 47.9. The van der Waals surface area contributed by atoms with E-state index in [0.717, 1.165) is 32.1 Å². The van der Waals surface area contributed by atoms with Crippen LogP contribution < -0.4 is 0 Å². The van der Waals surface area contributed by atoms with Crippen LogP contribution in [0.25, 0.3) is 0 Å². The Hall–Kier alpha value is -4.13. The van der Waals surface area contributed by atoms with Gasteiger partial charge in [0.15, 0.2) is 24.8 Å². The molecule has 6 rings (SSSR count). The Morgan fingerprint density at radius 1 is 0.540 bits per heavy atom. The molecule has 0 aliphatic carbocycles. The number of benzene rings is 3. The second-order valence-corrected chi connectivity index (χ2v) is 12.6. The van der Waals surface area contributed by atoms with Gasteiger partial charge >= 0.3 is 17.9 Å². The van der Waals surface area contributed by atoms with Crippen LogP contribution >= 0.6 is 0 Å². The first-order chi connectivity index (χ1) is 24.5. The zero-order valence-electron chi connectivity index (χ0n) is 28.1. The van der Waals surface area contributed by atoms with Gasteiger partial charge in [-0.05, 0) is 42.8 Å². The molecule has 11 nitrogen and oxygen atoms in total. The van der Waals surface area contributed by atoms with Crippen LogP contribution in [0.1, 0.15) is 76.5 Å². The van der Waals surface area contributed by atoms with Crippen molar-refractivity contribution < 1.29 is 52.3 Å². The maximum absolute atomic E-state index is 13.3. The number of fused-ring (bicyclic) bond motifs is 1. The lowest BCUT2D eigenvalue weighted by molar-refractivity contribution is -0.210. The molecule has 0 spiro atoms. The van der Waals surface area contributed by atoms with Crippen molar-refractivity contribution in [1.29, 1.82) is 0 Å². The minimum absolute atomic E-state index is 0.00212. The summed E-state index contributed by atoms with van der Waals surface area (Å²) in [6.45, 7) is 2.46. The predicted octanol–water partition coefficient (Wildman–Crippen LogP) is 5.91. The van der Waals surface area contributed by atoms with Crippen molar-refractivity contribution in [3.63, 3.8) is 0 Å². The van der Waals surface area contributed by atoms with Crippen molar-refractivity contribution in [3.05, 3.63) is 108 Å². The zero-order valence-corrected chi connectivity index (χ0v) is 28.1. The number of carbonyl (C=O) groups excluding carboxylic acids is 3. The van der Waals surface area contributed by atoms with Crippen molar-refractivity contribution in [2.45, 2.75) is 94.7 Å². The Labute approximate surface area is 292 Å². The molecular weight excluding hydrogens is 644 g/mol. The molecule has 266 valence electrons. The molecule has 0 amide bonds. The van der Waals surface area contributed by atoms with Gasteiger partial charge in [0, 0.05) is 6.61 Å². The van der Waals surface area contributed by atoms with E-state index in [9.17, 15) is 14.4 Å². The maximum Gasteiger partial charge on any atom is 0.338 e. The summed E-state index contributed by atoms with van der Waals surface area (Å²) in [7, 11) is 0. The molecule has 11 heteroatoms. The van der Waals surface area contributed by atoms with Crippen LogP contribution in [0.3, 0.4) is 0 Å². The van der Waals surface area contributed by atoms with Crippen LogP contribution in [0.4, 0.5) is 0 Å². The molecule has 0 radical (unpaired) electrons. The Morgan fingerprint density at radius 2 is 1.08 bits per heavy atom. The molecule has 0 N–H and O–H groups in total. The average Bonchev–Trinajstić information content (AvgIpc) is 3.79. The SMILES string of the molecule is CCCCCCCCO[C@H]1O[C@H](CO[C@H]2O[C@H](COC(=O)c3ccccc3)[C@H]3O[C@@H]23)[C@@H](OC(=O)c2ccccc2)[C@@H]1OC(=O)c1ccccc1. The number of hydrogen-bond donors (Lipinski definition) is 0. The van der Waals surface area contributed by atoms with Gasteiger partial charge in [0.2, 0.25) is 0 Å². The molecule has 3 aliphatic rings. The molecule has 0 saturated carbocycles. The summed E-state index contributed by atoms with van der Waals surface area (Å²) in [5, 5.41) is 0. The summed E-state index contributed by atoms with van der Waals surface area (Å²) in [6.07, 6.45) is 0.443. The quantitative estimate of drug-likeness (QED) is 0.0685.